The number of hydrogen-bond donors (Lipinski definition) is 2. The Hall–Kier alpha value is -1.22. The Morgan fingerprint density at radius 1 is 1.40 bits per heavy atom. The fraction of sp³-hybridized carbons (Fsp3) is 0.500. The van der Waals surface area contributed by atoms with Gasteiger partial charge in [0.15, 0.2) is 0 Å². The van der Waals surface area contributed by atoms with Gasteiger partial charge in [0.05, 0.1) is 12.2 Å². The van der Waals surface area contributed by atoms with Crippen LogP contribution in [-0.2, 0) is 5.60 Å². The van der Waals surface area contributed by atoms with E-state index >= 15 is 0 Å². The third kappa shape index (κ3) is 2.42. The second kappa shape index (κ2) is 4.11. The van der Waals surface area contributed by atoms with Gasteiger partial charge in [-0.2, -0.15) is 0 Å². The maximum atomic E-state index is 9.99. The standard InChI is InChI=1S/C12H19NO2/c1-5-15-11-8(2)10(13)7-6-9(11)12(3,4)14/h6-7,14H,5,13H2,1-4H3. The van der Waals surface area contributed by atoms with Crippen molar-refractivity contribution in [2.45, 2.75) is 33.3 Å². The van der Waals surface area contributed by atoms with Gasteiger partial charge in [-0.1, -0.05) is 6.07 Å². The van der Waals surface area contributed by atoms with Gasteiger partial charge in [0.1, 0.15) is 5.75 Å². The summed E-state index contributed by atoms with van der Waals surface area (Å²) in [5, 5.41) is 9.99. The molecule has 84 valence electrons. The Labute approximate surface area is 90.9 Å². The van der Waals surface area contributed by atoms with Crippen molar-refractivity contribution in [2.75, 3.05) is 12.3 Å². The molecule has 0 fully saturated rings. The molecule has 0 aliphatic carbocycles. The Balaban J connectivity index is 3.33. The minimum Gasteiger partial charge on any atom is -0.493 e. The fourth-order valence-corrected chi connectivity index (χ4v) is 1.52. The molecular weight excluding hydrogens is 190 g/mol. The van der Waals surface area contributed by atoms with Gasteiger partial charge in [0.2, 0.25) is 0 Å². The highest BCUT2D eigenvalue weighted by molar-refractivity contribution is 5.58. The zero-order valence-corrected chi connectivity index (χ0v) is 9.79. The summed E-state index contributed by atoms with van der Waals surface area (Å²) in [6, 6.07) is 3.61. The van der Waals surface area contributed by atoms with E-state index in [0.29, 0.717) is 18.0 Å². The smallest absolute Gasteiger partial charge is 0.130 e. The van der Waals surface area contributed by atoms with Crippen molar-refractivity contribution < 1.29 is 9.84 Å². The molecule has 1 aromatic rings. The Morgan fingerprint density at radius 2 is 2.00 bits per heavy atom. The maximum Gasteiger partial charge on any atom is 0.130 e. The number of anilines is 1. The number of hydrogen-bond acceptors (Lipinski definition) is 3. The summed E-state index contributed by atoms with van der Waals surface area (Å²) in [6.45, 7) is 7.85. The first kappa shape index (κ1) is 11.9. The molecule has 15 heavy (non-hydrogen) atoms. The second-order valence-electron chi connectivity index (χ2n) is 4.15. The molecule has 0 unspecified atom stereocenters. The van der Waals surface area contributed by atoms with Gasteiger partial charge in [-0.3, -0.25) is 0 Å². The van der Waals surface area contributed by atoms with Crippen LogP contribution >= 0.6 is 0 Å². The topological polar surface area (TPSA) is 55.5 Å². The zero-order valence-electron chi connectivity index (χ0n) is 9.79. The van der Waals surface area contributed by atoms with Crippen molar-refractivity contribution in [2.24, 2.45) is 0 Å². The molecule has 0 saturated heterocycles. The molecule has 1 aromatic carbocycles. The third-order valence-corrected chi connectivity index (χ3v) is 2.40. The van der Waals surface area contributed by atoms with Gasteiger partial charge < -0.3 is 15.6 Å². The molecule has 0 atom stereocenters. The molecule has 3 nitrogen and oxygen atoms in total. The van der Waals surface area contributed by atoms with Crippen LogP contribution in [0.15, 0.2) is 12.1 Å². The first-order valence-electron chi connectivity index (χ1n) is 5.12. The van der Waals surface area contributed by atoms with Crippen LogP contribution in [0.5, 0.6) is 5.75 Å². The average Bonchev–Trinajstić information content (AvgIpc) is 2.11. The SMILES string of the molecule is CCOc1c(C(C)(C)O)ccc(N)c1C. The molecule has 0 spiro atoms. The molecule has 3 heteroatoms. The number of aliphatic hydroxyl groups is 1. The van der Waals surface area contributed by atoms with Crippen LogP contribution in [-0.4, -0.2) is 11.7 Å². The first-order chi connectivity index (χ1) is 6.88. The first-order valence-corrected chi connectivity index (χ1v) is 5.12. The van der Waals surface area contributed by atoms with Crippen molar-refractivity contribution >= 4 is 5.69 Å². The number of rotatable bonds is 3. The second-order valence-corrected chi connectivity index (χ2v) is 4.15. The number of nitrogens with two attached hydrogens (primary N) is 1. The molecule has 1 rings (SSSR count). The van der Waals surface area contributed by atoms with Crippen LogP contribution < -0.4 is 10.5 Å². The minimum absolute atomic E-state index is 0.563. The summed E-state index contributed by atoms with van der Waals surface area (Å²) >= 11 is 0. The summed E-state index contributed by atoms with van der Waals surface area (Å²) < 4.78 is 5.54. The van der Waals surface area contributed by atoms with Crippen LogP contribution in [0.1, 0.15) is 31.9 Å². The Kier molecular flexibility index (Phi) is 3.25. The average molecular weight is 209 g/mol. The lowest BCUT2D eigenvalue weighted by Gasteiger charge is -2.23. The summed E-state index contributed by atoms with van der Waals surface area (Å²) in [4.78, 5) is 0. The van der Waals surface area contributed by atoms with Gasteiger partial charge in [0, 0.05) is 16.8 Å². The minimum atomic E-state index is -0.914. The lowest BCUT2D eigenvalue weighted by molar-refractivity contribution is 0.0748. The molecule has 0 bridgehead atoms. The van der Waals surface area contributed by atoms with E-state index < -0.39 is 5.60 Å². The summed E-state index contributed by atoms with van der Waals surface area (Å²) in [6.07, 6.45) is 0. The molecule has 0 heterocycles. The lowest BCUT2D eigenvalue weighted by Crippen LogP contribution is -2.18. The number of ether oxygens (including phenoxy) is 1. The Bertz CT molecular complexity index is 353. The molecule has 0 radical (unpaired) electrons. The molecular formula is C12H19NO2. The predicted molar refractivity (Wildman–Crippen MR) is 62.0 cm³/mol. The normalized spacial score (nSPS) is 11.5. The summed E-state index contributed by atoms with van der Waals surface area (Å²) in [7, 11) is 0. The monoisotopic (exact) mass is 209 g/mol. The predicted octanol–water partition coefficient (Wildman–Crippen LogP) is 2.20. The molecule has 0 amide bonds. The van der Waals surface area contributed by atoms with Crippen LogP contribution in [0.2, 0.25) is 0 Å². The van der Waals surface area contributed by atoms with E-state index in [1.807, 2.05) is 19.9 Å². The quantitative estimate of drug-likeness (QED) is 0.750. The van der Waals surface area contributed by atoms with E-state index in [1.54, 1.807) is 19.9 Å². The van der Waals surface area contributed by atoms with Crippen LogP contribution in [0.4, 0.5) is 5.69 Å². The fourth-order valence-electron chi connectivity index (χ4n) is 1.52. The van der Waals surface area contributed by atoms with E-state index in [1.165, 1.54) is 0 Å². The Morgan fingerprint density at radius 3 is 2.47 bits per heavy atom. The van der Waals surface area contributed by atoms with Gasteiger partial charge in [-0.05, 0) is 33.8 Å². The molecule has 0 saturated carbocycles. The third-order valence-electron chi connectivity index (χ3n) is 2.40. The van der Waals surface area contributed by atoms with Crippen molar-refractivity contribution in [1.29, 1.82) is 0 Å². The zero-order chi connectivity index (χ0) is 11.6. The highest BCUT2D eigenvalue weighted by Gasteiger charge is 2.22. The van der Waals surface area contributed by atoms with E-state index in [0.717, 1.165) is 11.1 Å². The van der Waals surface area contributed by atoms with E-state index in [-0.39, 0.29) is 0 Å². The van der Waals surface area contributed by atoms with E-state index in [9.17, 15) is 5.11 Å². The van der Waals surface area contributed by atoms with Crippen molar-refractivity contribution in [3.05, 3.63) is 23.3 Å². The van der Waals surface area contributed by atoms with Gasteiger partial charge in [0.25, 0.3) is 0 Å². The maximum absolute atomic E-state index is 9.99. The summed E-state index contributed by atoms with van der Waals surface area (Å²) in [5.74, 6) is 0.699. The van der Waals surface area contributed by atoms with Gasteiger partial charge in [-0.25, -0.2) is 0 Å². The van der Waals surface area contributed by atoms with Gasteiger partial charge in [-0.15, -0.1) is 0 Å². The number of benzene rings is 1. The highest BCUT2D eigenvalue weighted by atomic mass is 16.5. The van der Waals surface area contributed by atoms with Crippen LogP contribution in [0.3, 0.4) is 0 Å². The van der Waals surface area contributed by atoms with Crippen LogP contribution in [0, 0.1) is 6.92 Å². The van der Waals surface area contributed by atoms with Crippen LogP contribution in [0.25, 0.3) is 0 Å². The molecule has 0 aliphatic heterocycles. The lowest BCUT2D eigenvalue weighted by atomic mass is 9.94. The van der Waals surface area contributed by atoms with E-state index in [4.69, 9.17) is 10.5 Å². The number of nitrogen functional groups attached to an aromatic ring is 1. The van der Waals surface area contributed by atoms with Gasteiger partial charge >= 0.3 is 0 Å². The highest BCUT2D eigenvalue weighted by Crippen LogP contribution is 2.35. The molecule has 3 N–H and O–H groups in total. The molecule has 0 aromatic heterocycles. The largest absolute Gasteiger partial charge is 0.493 e. The van der Waals surface area contributed by atoms with E-state index in [2.05, 4.69) is 0 Å². The summed E-state index contributed by atoms with van der Waals surface area (Å²) in [5.41, 5.74) is 7.23. The van der Waals surface area contributed by atoms with Crippen molar-refractivity contribution in [3.8, 4) is 5.75 Å². The van der Waals surface area contributed by atoms with Crippen molar-refractivity contribution in [3.63, 3.8) is 0 Å². The molecule has 0 aliphatic rings. The van der Waals surface area contributed by atoms with Crippen molar-refractivity contribution in [1.82, 2.24) is 0 Å².